The molecule has 0 fully saturated rings. The minimum atomic E-state index is 0.576. The molecule has 6 heteroatoms. The summed E-state index contributed by atoms with van der Waals surface area (Å²) >= 11 is 1.54. The van der Waals surface area contributed by atoms with Crippen LogP contribution < -0.4 is 9.70 Å². The maximum atomic E-state index is 5.57. The fourth-order valence-corrected chi connectivity index (χ4v) is 3.62. The van der Waals surface area contributed by atoms with Crippen LogP contribution in [0, 0.1) is 0 Å². The van der Waals surface area contributed by atoms with Crippen molar-refractivity contribution in [1.29, 1.82) is 0 Å². The minimum Gasteiger partial charge on any atom is -0.463 e. The number of hydrogen-bond donors (Lipinski definition) is 0. The van der Waals surface area contributed by atoms with Crippen molar-refractivity contribution in [1.82, 2.24) is 4.68 Å². The molecule has 0 amide bonds. The van der Waals surface area contributed by atoms with Crippen molar-refractivity contribution in [3.63, 3.8) is 0 Å². The van der Waals surface area contributed by atoms with Crippen LogP contribution in [-0.4, -0.2) is 30.5 Å². The van der Waals surface area contributed by atoms with E-state index in [-0.39, 0.29) is 0 Å². The molecule has 3 rings (SSSR count). The van der Waals surface area contributed by atoms with E-state index in [1.54, 1.807) is 6.26 Å². The Morgan fingerprint density at radius 2 is 1.96 bits per heavy atom. The number of rotatable bonds is 8. The fourth-order valence-electron chi connectivity index (χ4n) is 2.80. The van der Waals surface area contributed by atoms with Crippen LogP contribution in [0.1, 0.15) is 26.3 Å². The van der Waals surface area contributed by atoms with Gasteiger partial charge in [0.2, 0.25) is 4.80 Å². The fraction of sp³-hybridized carbons (Fsp3) is 0.273. The predicted octanol–water partition coefficient (Wildman–Crippen LogP) is 5.01. The highest BCUT2D eigenvalue weighted by Gasteiger charge is 2.09. The molecule has 0 atom stereocenters. The van der Waals surface area contributed by atoms with Crippen LogP contribution in [-0.2, 0) is 0 Å². The average Bonchev–Trinajstić information content (AvgIpc) is 3.36. The average molecular weight is 395 g/mol. The molecule has 0 saturated heterocycles. The summed E-state index contributed by atoms with van der Waals surface area (Å²) in [6.07, 6.45) is 3.52. The first kappa shape index (κ1) is 19.9. The van der Waals surface area contributed by atoms with Gasteiger partial charge in [0.25, 0.3) is 0 Å². The van der Waals surface area contributed by atoms with Gasteiger partial charge in [-0.3, -0.25) is 4.99 Å². The number of hydrogen-bond acceptors (Lipinski definition) is 5. The van der Waals surface area contributed by atoms with Crippen LogP contribution in [0.15, 0.2) is 74.7 Å². The Morgan fingerprint density at radius 1 is 1.21 bits per heavy atom. The van der Waals surface area contributed by atoms with E-state index < -0.39 is 0 Å². The quantitative estimate of drug-likeness (QED) is 0.398. The number of nitrogens with zero attached hydrogens (tertiary/aromatic N) is 4. The Kier molecular flexibility index (Phi) is 6.66. The molecule has 0 saturated carbocycles. The van der Waals surface area contributed by atoms with Gasteiger partial charge >= 0.3 is 0 Å². The van der Waals surface area contributed by atoms with E-state index in [9.17, 15) is 0 Å². The molecule has 1 aromatic carbocycles. The SMILES string of the molecule is C=C(C)CN=c1scc(-c2ccco2)n1N=Cc1ccc(N(CC)CC)cc1. The summed E-state index contributed by atoms with van der Waals surface area (Å²) in [5.74, 6) is 0.766. The molecule has 28 heavy (non-hydrogen) atoms. The molecule has 0 bridgehead atoms. The van der Waals surface area contributed by atoms with E-state index in [0.717, 1.165) is 40.5 Å². The third-order valence-electron chi connectivity index (χ3n) is 4.29. The third kappa shape index (κ3) is 4.70. The minimum absolute atomic E-state index is 0.576. The van der Waals surface area contributed by atoms with Crippen LogP contribution >= 0.6 is 11.3 Å². The van der Waals surface area contributed by atoms with E-state index in [1.807, 2.05) is 35.3 Å². The van der Waals surface area contributed by atoms with Crippen LogP contribution in [0.4, 0.5) is 5.69 Å². The van der Waals surface area contributed by atoms with Gasteiger partial charge in [-0.05, 0) is 50.6 Å². The number of thiazole rings is 1. The molecule has 2 heterocycles. The van der Waals surface area contributed by atoms with Gasteiger partial charge in [-0.15, -0.1) is 11.3 Å². The smallest absolute Gasteiger partial charge is 0.206 e. The molecule has 0 aliphatic heterocycles. The van der Waals surface area contributed by atoms with E-state index in [2.05, 4.69) is 54.6 Å². The highest BCUT2D eigenvalue weighted by molar-refractivity contribution is 7.07. The zero-order valence-electron chi connectivity index (χ0n) is 16.6. The number of benzene rings is 1. The van der Waals surface area contributed by atoms with Gasteiger partial charge in [0.15, 0.2) is 5.76 Å². The second kappa shape index (κ2) is 9.37. The van der Waals surface area contributed by atoms with Gasteiger partial charge in [0.1, 0.15) is 5.69 Å². The van der Waals surface area contributed by atoms with Crippen molar-refractivity contribution in [2.75, 3.05) is 24.5 Å². The largest absolute Gasteiger partial charge is 0.463 e. The molecular weight excluding hydrogens is 368 g/mol. The van der Waals surface area contributed by atoms with E-state index in [4.69, 9.17) is 9.52 Å². The lowest BCUT2D eigenvalue weighted by atomic mass is 10.2. The molecule has 0 spiro atoms. The summed E-state index contributed by atoms with van der Waals surface area (Å²) in [4.78, 5) is 7.76. The second-order valence-electron chi connectivity index (χ2n) is 6.47. The predicted molar refractivity (Wildman–Crippen MR) is 118 cm³/mol. The number of anilines is 1. The molecule has 0 aliphatic rings. The molecule has 0 N–H and O–H groups in total. The highest BCUT2D eigenvalue weighted by Crippen LogP contribution is 2.20. The zero-order valence-corrected chi connectivity index (χ0v) is 17.4. The van der Waals surface area contributed by atoms with Crippen molar-refractivity contribution < 1.29 is 4.42 Å². The van der Waals surface area contributed by atoms with Crippen molar-refractivity contribution >= 4 is 23.2 Å². The van der Waals surface area contributed by atoms with Gasteiger partial charge in [0, 0.05) is 24.2 Å². The summed E-state index contributed by atoms with van der Waals surface area (Å²) in [5, 5.41) is 6.70. The van der Waals surface area contributed by atoms with Crippen LogP contribution in [0.3, 0.4) is 0 Å². The molecule has 0 radical (unpaired) electrons. The van der Waals surface area contributed by atoms with Crippen LogP contribution in [0.25, 0.3) is 11.5 Å². The maximum Gasteiger partial charge on any atom is 0.206 e. The van der Waals surface area contributed by atoms with E-state index in [0.29, 0.717) is 6.54 Å². The lowest BCUT2D eigenvalue weighted by Crippen LogP contribution is -2.21. The summed E-state index contributed by atoms with van der Waals surface area (Å²) in [7, 11) is 0. The second-order valence-corrected chi connectivity index (χ2v) is 7.31. The third-order valence-corrected chi connectivity index (χ3v) is 5.14. The van der Waals surface area contributed by atoms with Crippen LogP contribution in [0.5, 0.6) is 0 Å². The molecule has 146 valence electrons. The topological polar surface area (TPSA) is 46.0 Å². The summed E-state index contributed by atoms with van der Waals surface area (Å²) in [6.45, 7) is 12.8. The lowest BCUT2D eigenvalue weighted by molar-refractivity contribution is 0.575. The van der Waals surface area contributed by atoms with Gasteiger partial charge in [-0.2, -0.15) is 5.10 Å². The normalized spacial score (nSPS) is 12.0. The molecule has 2 aromatic heterocycles. The van der Waals surface area contributed by atoms with Gasteiger partial charge in [0.05, 0.1) is 19.0 Å². The molecule has 5 nitrogen and oxygen atoms in total. The van der Waals surface area contributed by atoms with Gasteiger partial charge in [-0.1, -0.05) is 24.3 Å². The lowest BCUT2D eigenvalue weighted by Gasteiger charge is -2.20. The van der Waals surface area contributed by atoms with Crippen molar-refractivity contribution in [2.24, 2.45) is 10.1 Å². The van der Waals surface area contributed by atoms with Crippen LogP contribution in [0.2, 0.25) is 0 Å². The Morgan fingerprint density at radius 3 is 2.57 bits per heavy atom. The highest BCUT2D eigenvalue weighted by atomic mass is 32.1. The van der Waals surface area contributed by atoms with E-state index in [1.165, 1.54) is 17.0 Å². The summed E-state index contributed by atoms with van der Waals surface area (Å²) < 4.78 is 7.39. The molecule has 3 aromatic rings. The zero-order chi connectivity index (χ0) is 19.9. The first-order valence-electron chi connectivity index (χ1n) is 9.41. The Labute approximate surface area is 170 Å². The Balaban J connectivity index is 1.93. The molecule has 0 unspecified atom stereocenters. The molecular formula is C22H26N4OS. The van der Waals surface area contributed by atoms with Crippen molar-refractivity contribution in [3.8, 4) is 11.5 Å². The Hall–Kier alpha value is -2.86. The summed E-state index contributed by atoms with van der Waals surface area (Å²) in [6, 6.07) is 12.2. The monoisotopic (exact) mass is 394 g/mol. The summed E-state index contributed by atoms with van der Waals surface area (Å²) in [5.41, 5.74) is 4.14. The molecule has 0 aliphatic carbocycles. The standard InChI is InChI=1S/C22H26N4OS/c1-5-25(6-2)19-11-9-18(10-12-19)15-24-26-20(21-8-7-13-27-21)16-28-22(26)23-14-17(3)4/h7-13,15-16H,3,5-6,14H2,1-2,4H3. The first-order chi connectivity index (χ1) is 13.6. The van der Waals surface area contributed by atoms with Crippen molar-refractivity contribution in [2.45, 2.75) is 20.8 Å². The van der Waals surface area contributed by atoms with Crippen molar-refractivity contribution in [3.05, 3.63) is 70.6 Å². The number of aromatic nitrogens is 1. The van der Waals surface area contributed by atoms with Gasteiger partial charge < -0.3 is 9.32 Å². The Bertz CT molecular complexity index is 990. The maximum absolute atomic E-state index is 5.57. The van der Waals surface area contributed by atoms with E-state index >= 15 is 0 Å². The number of furan rings is 1. The first-order valence-corrected chi connectivity index (χ1v) is 10.3. The van der Waals surface area contributed by atoms with Gasteiger partial charge in [-0.25, -0.2) is 4.68 Å².